The van der Waals surface area contributed by atoms with E-state index in [1.165, 1.54) is 0 Å². The van der Waals surface area contributed by atoms with E-state index >= 15 is 0 Å². The van der Waals surface area contributed by atoms with Gasteiger partial charge < -0.3 is 10.1 Å². The topological polar surface area (TPSA) is 47.0 Å². The van der Waals surface area contributed by atoms with Gasteiger partial charge in [-0.2, -0.15) is 0 Å². The molecule has 0 bridgehead atoms. The van der Waals surface area contributed by atoms with Gasteiger partial charge in [0.25, 0.3) is 0 Å². The molecule has 4 nitrogen and oxygen atoms in total. The molecule has 0 atom stereocenters. The second-order valence-corrected chi connectivity index (χ2v) is 5.71. The van der Waals surface area contributed by atoms with Crippen LogP contribution in [0.1, 0.15) is 5.01 Å². The smallest absolute Gasteiger partial charge is 0.118 e. The Morgan fingerprint density at radius 2 is 1.86 bits per heavy atom. The molecule has 5 heteroatoms. The first kappa shape index (κ1) is 14.5. The fraction of sp³-hybridized carbons (Fsp3) is 0.176. The highest BCUT2D eigenvalue weighted by Crippen LogP contribution is 2.24. The number of pyridine rings is 1. The number of benzene rings is 1. The van der Waals surface area contributed by atoms with Gasteiger partial charge in [0.15, 0.2) is 0 Å². The lowest BCUT2D eigenvalue weighted by molar-refractivity contribution is 0.415. The fourth-order valence-electron chi connectivity index (χ4n) is 2.10. The van der Waals surface area contributed by atoms with Crippen molar-refractivity contribution in [3.63, 3.8) is 0 Å². The minimum atomic E-state index is 0.861. The molecule has 2 heterocycles. The first-order valence-corrected chi connectivity index (χ1v) is 7.96. The summed E-state index contributed by atoms with van der Waals surface area (Å²) in [5, 5.41) is 6.60. The number of ether oxygens (including phenoxy) is 1. The van der Waals surface area contributed by atoms with Crippen molar-refractivity contribution >= 4 is 17.0 Å². The molecule has 3 aromatic rings. The summed E-state index contributed by atoms with van der Waals surface area (Å²) in [6, 6.07) is 11.9. The van der Waals surface area contributed by atoms with Crippen LogP contribution in [-0.2, 0) is 6.42 Å². The van der Waals surface area contributed by atoms with Gasteiger partial charge in [0.2, 0.25) is 0 Å². The van der Waals surface area contributed by atoms with Crippen molar-refractivity contribution in [2.24, 2.45) is 0 Å². The molecule has 0 aliphatic heterocycles. The number of rotatable bonds is 6. The zero-order valence-corrected chi connectivity index (χ0v) is 13.1. The quantitative estimate of drug-likeness (QED) is 0.751. The van der Waals surface area contributed by atoms with Crippen LogP contribution in [-0.4, -0.2) is 23.6 Å². The Kier molecular flexibility index (Phi) is 4.65. The predicted molar refractivity (Wildman–Crippen MR) is 90.5 cm³/mol. The summed E-state index contributed by atoms with van der Waals surface area (Å²) in [5.41, 5.74) is 3.22. The van der Waals surface area contributed by atoms with Crippen LogP contribution in [0.2, 0.25) is 0 Å². The van der Waals surface area contributed by atoms with Crippen molar-refractivity contribution in [2.45, 2.75) is 6.42 Å². The minimum Gasteiger partial charge on any atom is -0.497 e. The lowest BCUT2D eigenvalue weighted by Gasteiger charge is -2.03. The molecule has 0 amide bonds. The Bertz CT molecular complexity index is 710. The largest absolute Gasteiger partial charge is 0.497 e. The molecular weight excluding hydrogens is 294 g/mol. The molecule has 0 saturated heterocycles. The molecule has 112 valence electrons. The lowest BCUT2D eigenvalue weighted by atomic mass is 10.2. The highest BCUT2D eigenvalue weighted by molar-refractivity contribution is 7.09. The molecule has 22 heavy (non-hydrogen) atoms. The van der Waals surface area contributed by atoms with Gasteiger partial charge >= 0.3 is 0 Å². The van der Waals surface area contributed by atoms with Gasteiger partial charge in [0, 0.05) is 42.0 Å². The maximum atomic E-state index is 5.17. The van der Waals surface area contributed by atoms with Crippen LogP contribution in [0.15, 0.2) is 54.2 Å². The number of nitrogens with zero attached hydrogens (tertiary/aromatic N) is 2. The van der Waals surface area contributed by atoms with E-state index in [2.05, 4.69) is 15.7 Å². The summed E-state index contributed by atoms with van der Waals surface area (Å²) in [6.07, 6.45) is 4.48. The number of aromatic nitrogens is 2. The van der Waals surface area contributed by atoms with E-state index in [-0.39, 0.29) is 0 Å². The van der Waals surface area contributed by atoms with Crippen molar-refractivity contribution < 1.29 is 4.74 Å². The molecule has 0 saturated carbocycles. The highest BCUT2D eigenvalue weighted by atomic mass is 32.1. The first-order chi connectivity index (χ1) is 10.8. The van der Waals surface area contributed by atoms with Crippen LogP contribution in [0.5, 0.6) is 5.75 Å². The number of thiazole rings is 1. The van der Waals surface area contributed by atoms with Crippen LogP contribution in [0.3, 0.4) is 0 Å². The van der Waals surface area contributed by atoms with E-state index in [0.717, 1.165) is 40.7 Å². The van der Waals surface area contributed by atoms with E-state index in [4.69, 9.17) is 9.72 Å². The summed E-state index contributed by atoms with van der Waals surface area (Å²) < 4.78 is 5.17. The molecule has 3 rings (SSSR count). The number of nitrogens with one attached hydrogen (secondary N) is 1. The maximum Gasteiger partial charge on any atom is 0.118 e. The summed E-state index contributed by atoms with van der Waals surface area (Å²) in [5.74, 6) is 0.862. The standard InChI is InChI=1S/C17H17N3OS/c1-21-15-4-2-13(3-5-15)16-12-22-17(20-16)8-11-19-14-6-9-18-10-7-14/h2-7,9-10,12H,8,11H2,1H3,(H,18,19). The third-order valence-electron chi connectivity index (χ3n) is 3.29. The van der Waals surface area contributed by atoms with Gasteiger partial charge in [0.05, 0.1) is 17.8 Å². The average Bonchev–Trinajstić information content (AvgIpc) is 3.05. The van der Waals surface area contributed by atoms with E-state index < -0.39 is 0 Å². The van der Waals surface area contributed by atoms with Gasteiger partial charge in [-0.05, 0) is 36.4 Å². The Morgan fingerprint density at radius 3 is 2.59 bits per heavy atom. The average molecular weight is 311 g/mol. The van der Waals surface area contributed by atoms with Crippen molar-refractivity contribution in [1.29, 1.82) is 0 Å². The van der Waals surface area contributed by atoms with E-state index in [1.807, 2.05) is 36.4 Å². The zero-order valence-electron chi connectivity index (χ0n) is 12.3. The monoisotopic (exact) mass is 311 g/mol. The van der Waals surface area contributed by atoms with Crippen LogP contribution in [0.4, 0.5) is 5.69 Å². The van der Waals surface area contributed by atoms with E-state index in [0.29, 0.717) is 0 Å². The third-order valence-corrected chi connectivity index (χ3v) is 4.19. The number of hydrogen-bond acceptors (Lipinski definition) is 5. The van der Waals surface area contributed by atoms with Gasteiger partial charge in [-0.15, -0.1) is 11.3 Å². The number of hydrogen-bond donors (Lipinski definition) is 1. The maximum absolute atomic E-state index is 5.17. The van der Waals surface area contributed by atoms with Crippen LogP contribution in [0.25, 0.3) is 11.3 Å². The van der Waals surface area contributed by atoms with E-state index in [9.17, 15) is 0 Å². The molecule has 0 aliphatic carbocycles. The Morgan fingerprint density at radius 1 is 1.09 bits per heavy atom. The molecule has 0 spiro atoms. The molecular formula is C17H17N3OS. The SMILES string of the molecule is COc1ccc(-c2csc(CCNc3ccncc3)n2)cc1. The molecule has 1 N–H and O–H groups in total. The Hall–Kier alpha value is -2.40. The van der Waals surface area contributed by atoms with Crippen molar-refractivity contribution in [3.8, 4) is 17.0 Å². The van der Waals surface area contributed by atoms with Crippen LogP contribution < -0.4 is 10.1 Å². The predicted octanol–water partition coefficient (Wildman–Crippen LogP) is 3.87. The van der Waals surface area contributed by atoms with Gasteiger partial charge in [-0.1, -0.05) is 0 Å². The number of methoxy groups -OCH3 is 1. The van der Waals surface area contributed by atoms with Crippen LogP contribution >= 0.6 is 11.3 Å². The summed E-state index contributed by atoms with van der Waals surface area (Å²) in [6.45, 7) is 0.861. The Balaban J connectivity index is 1.58. The van der Waals surface area contributed by atoms with Gasteiger partial charge in [-0.3, -0.25) is 4.98 Å². The molecule has 0 aliphatic rings. The van der Waals surface area contributed by atoms with E-state index in [1.54, 1.807) is 30.8 Å². The van der Waals surface area contributed by atoms with Crippen LogP contribution in [0, 0.1) is 0 Å². The normalized spacial score (nSPS) is 10.4. The highest BCUT2D eigenvalue weighted by Gasteiger charge is 2.05. The number of anilines is 1. The molecule has 0 radical (unpaired) electrons. The molecule has 1 aromatic carbocycles. The molecule has 2 aromatic heterocycles. The van der Waals surface area contributed by atoms with Gasteiger partial charge in [-0.25, -0.2) is 4.98 Å². The third kappa shape index (κ3) is 3.62. The summed E-state index contributed by atoms with van der Waals surface area (Å²) >= 11 is 1.69. The second-order valence-electron chi connectivity index (χ2n) is 4.77. The lowest BCUT2D eigenvalue weighted by Crippen LogP contribution is -2.04. The fourth-order valence-corrected chi connectivity index (χ4v) is 2.91. The minimum absolute atomic E-state index is 0.861. The molecule has 0 unspecified atom stereocenters. The van der Waals surface area contributed by atoms with Gasteiger partial charge in [0.1, 0.15) is 5.75 Å². The first-order valence-electron chi connectivity index (χ1n) is 7.08. The Labute approximate surface area is 133 Å². The second kappa shape index (κ2) is 7.04. The summed E-state index contributed by atoms with van der Waals surface area (Å²) in [4.78, 5) is 8.69. The van der Waals surface area contributed by atoms with Crippen molar-refractivity contribution in [2.75, 3.05) is 19.0 Å². The van der Waals surface area contributed by atoms with Crippen molar-refractivity contribution in [1.82, 2.24) is 9.97 Å². The zero-order chi connectivity index (χ0) is 15.2. The molecule has 0 fully saturated rings. The van der Waals surface area contributed by atoms with Crippen molar-refractivity contribution in [3.05, 3.63) is 59.2 Å². The summed E-state index contributed by atoms with van der Waals surface area (Å²) in [7, 11) is 1.67.